The predicted octanol–water partition coefficient (Wildman–Crippen LogP) is 3.09. The highest BCUT2D eigenvalue weighted by atomic mass is 35.5. The van der Waals surface area contributed by atoms with Gasteiger partial charge in [0.05, 0.1) is 40.0 Å². The molecule has 0 saturated heterocycles. The lowest BCUT2D eigenvalue weighted by atomic mass is 9.91. The van der Waals surface area contributed by atoms with Crippen LogP contribution in [0, 0.1) is 0 Å². The van der Waals surface area contributed by atoms with Crippen LogP contribution in [-0.2, 0) is 0 Å². The van der Waals surface area contributed by atoms with E-state index < -0.39 is 29.3 Å². The summed E-state index contributed by atoms with van der Waals surface area (Å²) >= 11 is 6.04. The van der Waals surface area contributed by atoms with E-state index >= 15 is 4.39 Å². The van der Waals surface area contributed by atoms with Crippen molar-refractivity contribution in [2.45, 2.75) is 57.0 Å². The molecule has 10 heteroatoms. The molecule has 1 saturated carbocycles. The van der Waals surface area contributed by atoms with Gasteiger partial charge in [0, 0.05) is 24.0 Å². The summed E-state index contributed by atoms with van der Waals surface area (Å²) in [4.78, 5) is 22.3. The average molecular weight is 447 g/mol. The fourth-order valence-electron chi connectivity index (χ4n) is 3.86. The minimum absolute atomic E-state index is 0.174. The van der Waals surface area contributed by atoms with Crippen molar-refractivity contribution in [1.82, 2.24) is 19.6 Å². The van der Waals surface area contributed by atoms with Crippen LogP contribution in [0.25, 0.3) is 5.65 Å². The van der Waals surface area contributed by atoms with Crippen LogP contribution in [0.1, 0.15) is 55.7 Å². The zero-order valence-corrected chi connectivity index (χ0v) is 18.2. The summed E-state index contributed by atoms with van der Waals surface area (Å²) in [5.74, 6) is -0.669. The molecule has 2 atom stereocenters. The number of anilines is 1. The van der Waals surface area contributed by atoms with Crippen molar-refractivity contribution < 1.29 is 14.3 Å². The van der Waals surface area contributed by atoms with Gasteiger partial charge in [-0.05, 0) is 39.7 Å². The Bertz CT molecular complexity index is 1140. The van der Waals surface area contributed by atoms with Crippen LogP contribution in [0.4, 0.5) is 10.1 Å². The summed E-state index contributed by atoms with van der Waals surface area (Å²) < 4.78 is 17.6. The first-order valence-corrected chi connectivity index (χ1v) is 10.3. The number of rotatable bonds is 7. The first kappa shape index (κ1) is 21.5. The van der Waals surface area contributed by atoms with Gasteiger partial charge < -0.3 is 15.7 Å². The quantitative estimate of drug-likeness (QED) is 0.577. The number of hydrogen-bond donors (Lipinski definition) is 2. The van der Waals surface area contributed by atoms with E-state index in [9.17, 15) is 9.90 Å². The molecule has 1 amide bonds. The molecule has 3 aromatic heterocycles. The highest BCUT2D eigenvalue weighted by Crippen LogP contribution is 2.51. The summed E-state index contributed by atoms with van der Waals surface area (Å²) in [6, 6.07) is 2.25. The first-order valence-electron chi connectivity index (χ1n) is 9.92. The molecule has 164 valence electrons. The molecule has 1 fully saturated rings. The van der Waals surface area contributed by atoms with E-state index in [4.69, 9.17) is 17.3 Å². The lowest BCUT2D eigenvalue weighted by Gasteiger charge is -2.43. The van der Waals surface area contributed by atoms with Gasteiger partial charge in [-0.3, -0.25) is 9.78 Å². The molecule has 8 nitrogen and oxygen atoms in total. The molecule has 4 rings (SSSR count). The molecular weight excluding hydrogens is 423 g/mol. The lowest BCUT2D eigenvalue weighted by Crippen LogP contribution is -2.50. The smallest absolute Gasteiger partial charge is 0.252 e. The van der Waals surface area contributed by atoms with Gasteiger partial charge in [0.2, 0.25) is 0 Å². The van der Waals surface area contributed by atoms with Crippen LogP contribution in [0.2, 0.25) is 5.02 Å². The number of alkyl halides is 1. The number of primary amides is 1. The van der Waals surface area contributed by atoms with Crippen molar-refractivity contribution in [3.63, 3.8) is 0 Å². The maximum Gasteiger partial charge on any atom is 0.252 e. The number of amides is 1. The zero-order chi connectivity index (χ0) is 22.6. The fourth-order valence-corrected chi connectivity index (χ4v) is 4.00. The summed E-state index contributed by atoms with van der Waals surface area (Å²) in [6.45, 7) is 4.80. The predicted molar refractivity (Wildman–Crippen MR) is 115 cm³/mol. The minimum atomic E-state index is -1.75. The summed E-state index contributed by atoms with van der Waals surface area (Å²) in [5, 5.41) is 15.4. The van der Waals surface area contributed by atoms with Crippen LogP contribution < -0.4 is 10.6 Å². The number of carbonyl (C=O) groups excluding carboxylic acids is 1. The number of halogens is 2. The Morgan fingerprint density at radius 1 is 1.39 bits per heavy atom. The van der Waals surface area contributed by atoms with Crippen molar-refractivity contribution >= 4 is 28.8 Å². The van der Waals surface area contributed by atoms with Gasteiger partial charge >= 0.3 is 0 Å². The number of fused-ring (bicyclic) bond motifs is 1. The molecule has 3 N–H and O–H groups in total. The number of nitrogens with two attached hydrogens (primary N) is 1. The third-order valence-electron chi connectivity index (χ3n) is 5.77. The number of imidazole rings is 1. The van der Waals surface area contributed by atoms with E-state index in [-0.39, 0.29) is 5.56 Å². The minimum Gasteiger partial charge on any atom is -0.387 e. The molecule has 1 aliphatic carbocycles. The topological polar surface area (TPSA) is 110 Å². The van der Waals surface area contributed by atoms with E-state index in [2.05, 4.69) is 15.1 Å². The van der Waals surface area contributed by atoms with Crippen molar-refractivity contribution in [2.24, 2.45) is 5.73 Å². The highest BCUT2D eigenvalue weighted by Gasteiger charge is 2.52. The van der Waals surface area contributed by atoms with Crippen molar-refractivity contribution in [3.8, 4) is 0 Å². The Morgan fingerprint density at radius 3 is 2.71 bits per heavy atom. The van der Waals surface area contributed by atoms with E-state index in [0.29, 0.717) is 22.1 Å². The molecule has 0 unspecified atom stereocenters. The second-order valence-electron chi connectivity index (χ2n) is 8.75. The third kappa shape index (κ3) is 3.83. The number of aromatic nitrogens is 4. The molecule has 3 heterocycles. The SMILES string of the molecule is CC(C)(O)[C@@H](F)[C@H](c1cnc2cc(Cl)cnn12)N(c1ccncc1C(N)=O)C1(C)CC1. The molecule has 0 spiro atoms. The van der Waals surface area contributed by atoms with Crippen LogP contribution in [0.3, 0.4) is 0 Å². The van der Waals surface area contributed by atoms with Gasteiger partial charge in [-0.1, -0.05) is 11.6 Å². The van der Waals surface area contributed by atoms with Crippen LogP contribution in [-0.4, -0.2) is 47.9 Å². The highest BCUT2D eigenvalue weighted by molar-refractivity contribution is 6.30. The molecular formula is C21H24ClFN6O2. The number of hydrogen-bond acceptors (Lipinski definition) is 6. The Labute approximate surface area is 183 Å². The van der Waals surface area contributed by atoms with Crippen molar-refractivity contribution in [1.29, 1.82) is 0 Å². The Morgan fingerprint density at radius 2 is 2.10 bits per heavy atom. The summed E-state index contributed by atoms with van der Waals surface area (Å²) in [5.41, 5.74) is 4.95. The number of aliphatic hydroxyl groups is 1. The molecule has 0 aromatic carbocycles. The van der Waals surface area contributed by atoms with Gasteiger partial charge in [0.25, 0.3) is 5.91 Å². The average Bonchev–Trinajstić information content (AvgIpc) is 3.31. The van der Waals surface area contributed by atoms with Gasteiger partial charge in [0.15, 0.2) is 11.8 Å². The second-order valence-corrected chi connectivity index (χ2v) is 9.19. The van der Waals surface area contributed by atoms with Crippen LogP contribution in [0.15, 0.2) is 36.9 Å². The summed E-state index contributed by atoms with van der Waals surface area (Å²) in [6.07, 6.45) is 5.66. The Balaban J connectivity index is 1.98. The molecule has 31 heavy (non-hydrogen) atoms. The van der Waals surface area contributed by atoms with Gasteiger partial charge in [-0.2, -0.15) is 5.10 Å². The second kappa shape index (κ2) is 7.42. The summed E-state index contributed by atoms with van der Waals surface area (Å²) in [7, 11) is 0. The van der Waals surface area contributed by atoms with E-state index in [1.807, 2.05) is 11.8 Å². The van der Waals surface area contributed by atoms with Gasteiger partial charge in [-0.15, -0.1) is 0 Å². The number of pyridine rings is 1. The third-order valence-corrected chi connectivity index (χ3v) is 5.97. The number of carbonyl (C=O) groups is 1. The van der Waals surface area contributed by atoms with E-state index in [1.54, 1.807) is 12.1 Å². The Hall–Kier alpha value is -2.78. The lowest BCUT2D eigenvalue weighted by molar-refractivity contribution is -0.0184. The zero-order valence-electron chi connectivity index (χ0n) is 17.5. The normalized spacial score (nSPS) is 17.4. The number of nitrogens with zero attached hydrogens (tertiary/aromatic N) is 5. The van der Waals surface area contributed by atoms with Crippen LogP contribution >= 0.6 is 11.6 Å². The Kier molecular flexibility index (Phi) is 5.13. The van der Waals surface area contributed by atoms with E-state index in [1.165, 1.54) is 43.2 Å². The van der Waals surface area contributed by atoms with E-state index in [0.717, 1.165) is 12.8 Å². The molecule has 0 radical (unpaired) electrons. The molecule has 0 aliphatic heterocycles. The first-order chi connectivity index (χ1) is 14.5. The van der Waals surface area contributed by atoms with Gasteiger partial charge in [0.1, 0.15) is 6.04 Å². The molecule has 1 aliphatic rings. The monoisotopic (exact) mass is 446 g/mol. The molecule has 0 bridgehead atoms. The van der Waals surface area contributed by atoms with Gasteiger partial charge in [-0.25, -0.2) is 13.9 Å². The van der Waals surface area contributed by atoms with Crippen molar-refractivity contribution in [2.75, 3.05) is 4.90 Å². The largest absolute Gasteiger partial charge is 0.387 e. The van der Waals surface area contributed by atoms with Crippen LogP contribution in [0.5, 0.6) is 0 Å². The fraction of sp³-hybridized carbons (Fsp3) is 0.429. The maximum absolute atomic E-state index is 16.1. The van der Waals surface area contributed by atoms with Crippen molar-refractivity contribution in [3.05, 3.63) is 53.2 Å². The maximum atomic E-state index is 16.1. The standard InChI is InChI=1S/C21H24ClFN6O2/c1-20(2,31)18(23)17(15-11-26-16-8-12(22)9-27-29(15)16)28(21(3)5-6-21)14-4-7-25-10-13(14)19(24)30/h4,7-11,17-18,31H,5-6H2,1-3H3,(H2,24,30)/t17-,18-/m0/s1. The molecule has 3 aromatic rings.